The van der Waals surface area contributed by atoms with Gasteiger partial charge in [0.1, 0.15) is 5.75 Å². The Morgan fingerprint density at radius 1 is 1.44 bits per heavy atom. The summed E-state index contributed by atoms with van der Waals surface area (Å²) in [7, 11) is 0. The zero-order valence-corrected chi connectivity index (χ0v) is 11.4. The molecule has 4 nitrogen and oxygen atoms in total. The second kappa shape index (κ2) is 5.14. The maximum Gasteiger partial charge on any atom is 0.349 e. The largest absolute Gasteiger partial charge is 0.477 e. The van der Waals surface area contributed by atoms with Crippen molar-refractivity contribution in [2.24, 2.45) is 0 Å². The molecule has 7 heteroatoms. The summed E-state index contributed by atoms with van der Waals surface area (Å²) in [5.41, 5.74) is 0.825. The van der Waals surface area contributed by atoms with E-state index in [2.05, 4.69) is 4.98 Å². The third-order valence-corrected chi connectivity index (χ3v) is 3.64. The first kappa shape index (κ1) is 13.1. The van der Waals surface area contributed by atoms with Crippen LogP contribution in [0, 0.1) is 6.92 Å². The van der Waals surface area contributed by atoms with Gasteiger partial charge in [0.15, 0.2) is 10.0 Å². The van der Waals surface area contributed by atoms with Crippen molar-refractivity contribution in [3.05, 3.63) is 38.8 Å². The van der Waals surface area contributed by atoms with Crippen LogP contribution in [0.25, 0.3) is 0 Å². The molecule has 1 N–H and O–H groups in total. The molecule has 0 bridgehead atoms. The number of benzene rings is 1. The molecule has 0 amide bonds. The number of ether oxygens (including phenoxy) is 1. The van der Waals surface area contributed by atoms with E-state index in [0.717, 1.165) is 16.9 Å². The third kappa shape index (κ3) is 2.75. The fourth-order valence-electron chi connectivity index (χ4n) is 1.28. The summed E-state index contributed by atoms with van der Waals surface area (Å²) >= 11 is 12.4. The second-order valence-corrected chi connectivity index (χ2v) is 5.17. The summed E-state index contributed by atoms with van der Waals surface area (Å²) in [6.45, 7) is 1.83. The summed E-state index contributed by atoms with van der Waals surface area (Å²) in [4.78, 5) is 14.6. The van der Waals surface area contributed by atoms with Crippen LogP contribution in [0.2, 0.25) is 10.2 Å². The monoisotopic (exact) mass is 303 g/mol. The topological polar surface area (TPSA) is 59.4 Å². The predicted molar refractivity (Wildman–Crippen MR) is 70.3 cm³/mol. The number of carboxylic acids is 1. The Kier molecular flexibility index (Phi) is 3.75. The molecular weight excluding hydrogens is 297 g/mol. The van der Waals surface area contributed by atoms with Gasteiger partial charge in [-0.15, -0.1) is 0 Å². The highest BCUT2D eigenvalue weighted by Crippen LogP contribution is 2.33. The number of carbonyl (C=O) groups is 1. The smallest absolute Gasteiger partial charge is 0.349 e. The van der Waals surface area contributed by atoms with Gasteiger partial charge in [-0.3, -0.25) is 0 Å². The molecule has 0 aliphatic rings. The average molecular weight is 304 g/mol. The van der Waals surface area contributed by atoms with Crippen LogP contribution in [0.5, 0.6) is 10.9 Å². The number of halogens is 2. The number of nitrogens with zero attached hydrogens (tertiary/aromatic N) is 1. The predicted octanol–water partition coefficient (Wildman–Crippen LogP) is 4.25. The number of hydrogen-bond acceptors (Lipinski definition) is 4. The van der Waals surface area contributed by atoms with Gasteiger partial charge in [0.2, 0.25) is 0 Å². The van der Waals surface area contributed by atoms with E-state index in [4.69, 9.17) is 33.0 Å². The maximum absolute atomic E-state index is 10.8. The molecule has 18 heavy (non-hydrogen) atoms. The van der Waals surface area contributed by atoms with Crippen LogP contribution in [-0.2, 0) is 0 Å². The second-order valence-electron chi connectivity index (χ2n) is 3.42. The van der Waals surface area contributed by atoms with Crippen LogP contribution in [0.4, 0.5) is 0 Å². The lowest BCUT2D eigenvalue weighted by Gasteiger charge is -2.05. The van der Waals surface area contributed by atoms with Crippen LogP contribution < -0.4 is 4.74 Å². The molecule has 2 aromatic rings. The lowest BCUT2D eigenvalue weighted by Crippen LogP contribution is -1.91. The van der Waals surface area contributed by atoms with Gasteiger partial charge in [0, 0.05) is 5.02 Å². The number of carboxylic acid groups (broad SMARTS) is 1. The van der Waals surface area contributed by atoms with E-state index >= 15 is 0 Å². The van der Waals surface area contributed by atoms with Crippen molar-refractivity contribution >= 4 is 40.5 Å². The Bertz CT molecular complexity index is 612. The Hall–Kier alpha value is -1.30. The minimum Gasteiger partial charge on any atom is -0.477 e. The number of thiazole rings is 1. The zero-order valence-electron chi connectivity index (χ0n) is 9.11. The van der Waals surface area contributed by atoms with E-state index in [1.54, 1.807) is 18.2 Å². The van der Waals surface area contributed by atoms with Gasteiger partial charge >= 0.3 is 5.97 Å². The minimum absolute atomic E-state index is 0.0433. The molecule has 1 aromatic carbocycles. The van der Waals surface area contributed by atoms with Crippen LogP contribution in [0.1, 0.15) is 15.2 Å². The van der Waals surface area contributed by atoms with Gasteiger partial charge < -0.3 is 9.84 Å². The van der Waals surface area contributed by atoms with Crippen molar-refractivity contribution in [3.63, 3.8) is 0 Å². The first-order valence-corrected chi connectivity index (χ1v) is 6.38. The van der Waals surface area contributed by atoms with Crippen molar-refractivity contribution in [1.29, 1.82) is 0 Å². The highest BCUT2D eigenvalue weighted by molar-refractivity contribution is 7.15. The molecule has 0 spiro atoms. The number of aryl methyl sites for hydroxylation is 1. The van der Waals surface area contributed by atoms with E-state index in [1.807, 2.05) is 6.92 Å². The zero-order chi connectivity index (χ0) is 13.3. The van der Waals surface area contributed by atoms with Crippen molar-refractivity contribution in [1.82, 2.24) is 4.98 Å². The van der Waals surface area contributed by atoms with Gasteiger partial charge in [-0.05, 0) is 30.7 Å². The van der Waals surface area contributed by atoms with Gasteiger partial charge in [0.05, 0.1) is 0 Å². The molecule has 0 unspecified atom stereocenters. The van der Waals surface area contributed by atoms with Gasteiger partial charge in [-0.25, -0.2) is 4.79 Å². The van der Waals surface area contributed by atoms with E-state index in [0.29, 0.717) is 10.8 Å². The number of hydrogen-bond donors (Lipinski definition) is 1. The Morgan fingerprint density at radius 3 is 2.72 bits per heavy atom. The molecular formula is C11H7Cl2NO3S. The van der Waals surface area contributed by atoms with E-state index in [1.165, 1.54) is 0 Å². The number of rotatable bonds is 3. The van der Waals surface area contributed by atoms with Gasteiger partial charge in [-0.2, -0.15) is 4.98 Å². The van der Waals surface area contributed by atoms with Gasteiger partial charge in [0.25, 0.3) is 5.19 Å². The Balaban J connectivity index is 2.29. The summed E-state index contributed by atoms with van der Waals surface area (Å²) in [5, 5.41) is 9.56. The standard InChI is InChI=1S/C11H7Cl2NO3S/c1-5-4-6(12)2-3-7(5)17-11-14-9(13)8(18-11)10(15)16/h2-4H,1H3,(H,15,16). The van der Waals surface area contributed by atoms with E-state index in [-0.39, 0.29) is 15.2 Å². The van der Waals surface area contributed by atoms with Crippen LogP contribution in [0.3, 0.4) is 0 Å². The Labute approximate surface area is 117 Å². The molecule has 0 fully saturated rings. The van der Waals surface area contributed by atoms with E-state index in [9.17, 15) is 4.79 Å². The number of aromatic nitrogens is 1. The summed E-state index contributed by atoms with van der Waals surface area (Å²) in [6, 6.07) is 5.11. The Morgan fingerprint density at radius 2 is 2.17 bits per heavy atom. The average Bonchev–Trinajstić information content (AvgIpc) is 2.64. The van der Waals surface area contributed by atoms with E-state index < -0.39 is 5.97 Å². The number of aromatic carboxylic acids is 1. The van der Waals surface area contributed by atoms with Crippen molar-refractivity contribution in [3.8, 4) is 10.9 Å². The normalized spacial score (nSPS) is 10.4. The van der Waals surface area contributed by atoms with Crippen LogP contribution in [0.15, 0.2) is 18.2 Å². The first-order chi connectivity index (χ1) is 8.47. The highest BCUT2D eigenvalue weighted by Gasteiger charge is 2.17. The van der Waals surface area contributed by atoms with Crippen molar-refractivity contribution < 1.29 is 14.6 Å². The molecule has 0 saturated heterocycles. The third-order valence-electron chi connectivity index (χ3n) is 2.09. The van der Waals surface area contributed by atoms with Crippen molar-refractivity contribution in [2.75, 3.05) is 0 Å². The van der Waals surface area contributed by atoms with Crippen LogP contribution >= 0.6 is 34.5 Å². The quantitative estimate of drug-likeness (QED) is 0.921. The van der Waals surface area contributed by atoms with Crippen LogP contribution in [-0.4, -0.2) is 16.1 Å². The molecule has 0 saturated carbocycles. The highest BCUT2D eigenvalue weighted by atomic mass is 35.5. The SMILES string of the molecule is Cc1cc(Cl)ccc1Oc1nc(Cl)c(C(=O)O)s1. The summed E-state index contributed by atoms with van der Waals surface area (Å²) < 4.78 is 5.48. The fourth-order valence-corrected chi connectivity index (χ4v) is 2.49. The maximum atomic E-state index is 10.8. The molecule has 1 aromatic heterocycles. The molecule has 0 radical (unpaired) electrons. The molecule has 94 valence electrons. The lowest BCUT2D eigenvalue weighted by molar-refractivity contribution is 0.0702. The van der Waals surface area contributed by atoms with Crippen molar-refractivity contribution in [2.45, 2.75) is 6.92 Å². The summed E-state index contributed by atoms with van der Waals surface area (Å²) in [5.74, 6) is -0.568. The molecule has 0 atom stereocenters. The summed E-state index contributed by atoms with van der Waals surface area (Å²) in [6.07, 6.45) is 0. The fraction of sp³-hybridized carbons (Fsp3) is 0.0909. The molecule has 0 aliphatic carbocycles. The molecule has 0 aliphatic heterocycles. The minimum atomic E-state index is -1.12. The molecule has 1 heterocycles. The van der Waals surface area contributed by atoms with Gasteiger partial charge in [-0.1, -0.05) is 34.5 Å². The lowest BCUT2D eigenvalue weighted by atomic mass is 10.2. The first-order valence-electron chi connectivity index (χ1n) is 4.81. The molecule has 2 rings (SSSR count).